The van der Waals surface area contributed by atoms with Crippen molar-refractivity contribution in [3.8, 4) is 0 Å². The summed E-state index contributed by atoms with van der Waals surface area (Å²) in [6, 6.07) is -0.418. The van der Waals surface area contributed by atoms with Crippen LogP contribution < -0.4 is 5.32 Å². The molecule has 0 unspecified atom stereocenters. The minimum atomic E-state index is -0.745. The summed E-state index contributed by atoms with van der Waals surface area (Å²) in [5.74, 6) is -0.247. The van der Waals surface area contributed by atoms with Crippen LogP contribution in [0.1, 0.15) is 39.5 Å². The summed E-state index contributed by atoms with van der Waals surface area (Å²) in [4.78, 5) is 36.2. The van der Waals surface area contributed by atoms with E-state index < -0.39 is 11.6 Å². The van der Waals surface area contributed by atoms with Crippen LogP contribution in [0.3, 0.4) is 0 Å². The summed E-state index contributed by atoms with van der Waals surface area (Å²) in [5, 5.41) is 2.81. The largest absolute Gasteiger partial charge is 0.325 e. The molecule has 1 aliphatic heterocycles. The first-order valence-corrected chi connectivity index (χ1v) is 6.11. The lowest BCUT2D eigenvalue weighted by molar-refractivity contribution is -0.136. The van der Waals surface area contributed by atoms with Gasteiger partial charge in [0.15, 0.2) is 0 Å². The third-order valence-electron chi connectivity index (χ3n) is 3.88. The molecule has 5 nitrogen and oxygen atoms in total. The zero-order chi connectivity index (χ0) is 12.6. The summed E-state index contributed by atoms with van der Waals surface area (Å²) in [5.41, 5.74) is -0.745. The van der Waals surface area contributed by atoms with E-state index in [9.17, 15) is 14.4 Å². The van der Waals surface area contributed by atoms with Gasteiger partial charge in [-0.15, -0.1) is 0 Å². The number of nitrogens with one attached hydrogen (secondary N) is 1. The Hall–Kier alpha value is -1.39. The summed E-state index contributed by atoms with van der Waals surface area (Å²) < 4.78 is 0. The highest BCUT2D eigenvalue weighted by atomic mass is 16.2. The molecule has 2 aliphatic rings. The van der Waals surface area contributed by atoms with Crippen molar-refractivity contribution in [1.82, 2.24) is 10.2 Å². The van der Waals surface area contributed by atoms with Crippen LogP contribution in [0.4, 0.5) is 4.79 Å². The number of hydrogen-bond donors (Lipinski definition) is 1. The lowest BCUT2D eigenvalue weighted by Crippen LogP contribution is -2.54. The fourth-order valence-electron chi connectivity index (χ4n) is 2.86. The quantitative estimate of drug-likeness (QED) is 0.732. The Morgan fingerprint density at radius 1 is 1.47 bits per heavy atom. The predicted octanol–water partition coefficient (Wildman–Crippen LogP) is 1.08. The highest BCUT2D eigenvalue weighted by Gasteiger charge is 2.54. The van der Waals surface area contributed by atoms with Crippen LogP contribution in [-0.4, -0.2) is 34.7 Å². The Balaban J connectivity index is 2.24. The van der Waals surface area contributed by atoms with Crippen molar-refractivity contribution in [3.05, 3.63) is 0 Å². The molecule has 1 spiro atoms. The molecule has 17 heavy (non-hydrogen) atoms. The molecule has 2 rings (SSSR count). The van der Waals surface area contributed by atoms with E-state index in [2.05, 4.69) is 5.32 Å². The first-order valence-electron chi connectivity index (χ1n) is 6.11. The molecule has 1 heterocycles. The number of nitrogens with zero attached hydrogens (tertiary/aromatic N) is 1. The number of imide groups is 1. The van der Waals surface area contributed by atoms with Crippen LogP contribution >= 0.6 is 0 Å². The molecule has 0 bridgehead atoms. The van der Waals surface area contributed by atoms with Crippen LogP contribution in [0, 0.1) is 5.92 Å². The van der Waals surface area contributed by atoms with Crippen molar-refractivity contribution >= 4 is 17.7 Å². The summed E-state index contributed by atoms with van der Waals surface area (Å²) in [6.07, 6.45) is 3.68. The molecule has 2 fully saturated rings. The summed E-state index contributed by atoms with van der Waals surface area (Å²) in [6.45, 7) is 3.27. The molecule has 0 aromatic rings. The van der Waals surface area contributed by atoms with Gasteiger partial charge < -0.3 is 5.32 Å². The third kappa shape index (κ3) is 1.83. The van der Waals surface area contributed by atoms with E-state index >= 15 is 0 Å². The number of ketones is 1. The molecule has 2 atom stereocenters. The standard InChI is InChI=1S/C12H18N2O3/c1-8-5-3-4-6-12(8)10(16)14(7-9(2)15)11(17)13-12/h8H,3-7H2,1-2H3,(H,13,17)/t8-,12+/m0/s1. The van der Waals surface area contributed by atoms with E-state index in [0.717, 1.165) is 24.2 Å². The molecule has 1 saturated heterocycles. The molecule has 1 aliphatic carbocycles. The second-order valence-corrected chi connectivity index (χ2v) is 5.14. The number of carbonyl (C=O) groups excluding carboxylic acids is 3. The lowest BCUT2D eigenvalue weighted by Gasteiger charge is -2.36. The maximum Gasteiger partial charge on any atom is 0.325 e. The Kier molecular flexibility index (Phi) is 2.93. The number of Topliss-reactive ketones (excluding diaryl/α,β-unsaturated/α-hetero) is 1. The SMILES string of the molecule is CC(=O)CN1C(=O)N[C@@]2(CCCC[C@@H]2C)C1=O. The average Bonchev–Trinajstić information content (AvgIpc) is 2.48. The van der Waals surface area contributed by atoms with Gasteiger partial charge in [0.25, 0.3) is 5.91 Å². The molecule has 1 saturated carbocycles. The van der Waals surface area contributed by atoms with Crippen LogP contribution in [0.15, 0.2) is 0 Å². The molecular formula is C12H18N2O3. The number of rotatable bonds is 2. The molecule has 0 aromatic heterocycles. The van der Waals surface area contributed by atoms with Crippen molar-refractivity contribution in [2.45, 2.75) is 45.1 Å². The zero-order valence-electron chi connectivity index (χ0n) is 10.3. The van der Waals surface area contributed by atoms with E-state index in [0.29, 0.717) is 6.42 Å². The van der Waals surface area contributed by atoms with Crippen LogP contribution in [-0.2, 0) is 9.59 Å². The predicted molar refractivity (Wildman–Crippen MR) is 61.3 cm³/mol. The van der Waals surface area contributed by atoms with E-state index in [-0.39, 0.29) is 24.2 Å². The fraction of sp³-hybridized carbons (Fsp3) is 0.750. The topological polar surface area (TPSA) is 66.5 Å². The molecular weight excluding hydrogens is 220 g/mol. The maximum atomic E-state index is 12.3. The molecule has 94 valence electrons. The Morgan fingerprint density at radius 3 is 2.76 bits per heavy atom. The van der Waals surface area contributed by atoms with Crippen molar-refractivity contribution in [2.24, 2.45) is 5.92 Å². The highest BCUT2D eigenvalue weighted by Crippen LogP contribution is 2.37. The van der Waals surface area contributed by atoms with Gasteiger partial charge in [-0.25, -0.2) is 4.79 Å². The number of hydrogen-bond acceptors (Lipinski definition) is 3. The van der Waals surface area contributed by atoms with Gasteiger partial charge in [-0.1, -0.05) is 19.8 Å². The Morgan fingerprint density at radius 2 is 2.18 bits per heavy atom. The van der Waals surface area contributed by atoms with Gasteiger partial charge in [-0.05, 0) is 25.7 Å². The van der Waals surface area contributed by atoms with Gasteiger partial charge >= 0.3 is 6.03 Å². The minimum absolute atomic E-state index is 0.112. The van der Waals surface area contributed by atoms with Gasteiger partial charge in [0.1, 0.15) is 11.3 Å². The second-order valence-electron chi connectivity index (χ2n) is 5.14. The molecule has 5 heteroatoms. The second kappa shape index (κ2) is 4.13. The molecule has 1 N–H and O–H groups in total. The van der Waals surface area contributed by atoms with Gasteiger partial charge in [-0.2, -0.15) is 0 Å². The number of amides is 3. The van der Waals surface area contributed by atoms with E-state index in [1.165, 1.54) is 6.92 Å². The number of urea groups is 1. The van der Waals surface area contributed by atoms with Crippen molar-refractivity contribution in [1.29, 1.82) is 0 Å². The van der Waals surface area contributed by atoms with E-state index in [1.54, 1.807) is 0 Å². The van der Waals surface area contributed by atoms with Gasteiger partial charge in [0.2, 0.25) is 0 Å². The molecule has 0 aromatic carbocycles. The van der Waals surface area contributed by atoms with Crippen LogP contribution in [0.25, 0.3) is 0 Å². The number of carbonyl (C=O) groups is 3. The minimum Gasteiger partial charge on any atom is -0.323 e. The Bertz CT molecular complexity index is 380. The molecule has 3 amide bonds. The third-order valence-corrected chi connectivity index (χ3v) is 3.88. The highest BCUT2D eigenvalue weighted by molar-refractivity contribution is 6.09. The van der Waals surface area contributed by atoms with Gasteiger partial charge in [0.05, 0.1) is 6.54 Å². The van der Waals surface area contributed by atoms with Crippen molar-refractivity contribution < 1.29 is 14.4 Å². The monoisotopic (exact) mass is 238 g/mol. The summed E-state index contributed by atoms with van der Waals surface area (Å²) >= 11 is 0. The normalized spacial score (nSPS) is 33.1. The molecule has 0 radical (unpaired) electrons. The van der Waals surface area contributed by atoms with Crippen molar-refractivity contribution in [3.63, 3.8) is 0 Å². The van der Waals surface area contributed by atoms with E-state index in [1.807, 2.05) is 6.92 Å². The first-order chi connectivity index (χ1) is 7.97. The van der Waals surface area contributed by atoms with Crippen molar-refractivity contribution in [2.75, 3.05) is 6.54 Å². The fourth-order valence-corrected chi connectivity index (χ4v) is 2.86. The first kappa shape index (κ1) is 12.1. The summed E-state index contributed by atoms with van der Waals surface area (Å²) in [7, 11) is 0. The van der Waals surface area contributed by atoms with Gasteiger partial charge in [0, 0.05) is 0 Å². The van der Waals surface area contributed by atoms with Gasteiger partial charge in [-0.3, -0.25) is 14.5 Å². The maximum absolute atomic E-state index is 12.3. The lowest BCUT2D eigenvalue weighted by atomic mass is 9.73. The smallest absolute Gasteiger partial charge is 0.323 e. The van der Waals surface area contributed by atoms with Crippen LogP contribution in [0.2, 0.25) is 0 Å². The van der Waals surface area contributed by atoms with E-state index in [4.69, 9.17) is 0 Å². The average molecular weight is 238 g/mol. The Labute approximate surface area is 101 Å². The zero-order valence-corrected chi connectivity index (χ0v) is 10.3. The van der Waals surface area contributed by atoms with Crippen LogP contribution in [0.5, 0.6) is 0 Å².